The molecule has 1 aromatic heterocycles. The van der Waals surface area contributed by atoms with Crippen molar-refractivity contribution in [3.8, 4) is 11.4 Å². The van der Waals surface area contributed by atoms with Crippen LogP contribution < -0.4 is 10.1 Å². The Kier molecular flexibility index (Phi) is 7.58. The number of amides is 1. The van der Waals surface area contributed by atoms with Gasteiger partial charge in [-0.2, -0.15) is 13.2 Å². The molecule has 3 aromatic carbocycles. The summed E-state index contributed by atoms with van der Waals surface area (Å²) in [7, 11) is 1.50. The van der Waals surface area contributed by atoms with Gasteiger partial charge < -0.3 is 10.1 Å². The molecule has 0 bridgehead atoms. The molecule has 4 aromatic rings. The van der Waals surface area contributed by atoms with Crippen LogP contribution in [0.3, 0.4) is 0 Å². The van der Waals surface area contributed by atoms with Crippen molar-refractivity contribution >= 4 is 17.7 Å². The molecule has 1 heterocycles. The lowest BCUT2D eigenvalue weighted by atomic mass is 10.1. The van der Waals surface area contributed by atoms with Gasteiger partial charge in [-0.3, -0.25) is 9.36 Å². The summed E-state index contributed by atoms with van der Waals surface area (Å²) in [6, 6.07) is 17.3. The molecule has 0 unspecified atom stereocenters. The Hall–Kier alpha value is -3.86. The number of nitrogens with zero attached hydrogens (tertiary/aromatic N) is 3. The van der Waals surface area contributed by atoms with Crippen molar-refractivity contribution in [2.45, 2.75) is 23.6 Å². The quantitative estimate of drug-likeness (QED) is 0.242. The highest BCUT2D eigenvalue weighted by molar-refractivity contribution is 7.98. The lowest BCUT2D eigenvalue weighted by Crippen LogP contribution is -2.24. The summed E-state index contributed by atoms with van der Waals surface area (Å²) in [6.07, 6.45) is -4.44. The topological polar surface area (TPSA) is 69.0 Å². The lowest BCUT2D eigenvalue weighted by molar-refractivity contribution is -0.137. The van der Waals surface area contributed by atoms with Crippen molar-refractivity contribution in [1.29, 1.82) is 0 Å². The zero-order chi connectivity index (χ0) is 25.7. The Labute approximate surface area is 208 Å². The molecule has 0 radical (unpaired) electrons. The molecular weight excluding hydrogens is 496 g/mol. The van der Waals surface area contributed by atoms with Crippen molar-refractivity contribution < 1.29 is 27.1 Å². The maximum atomic E-state index is 13.5. The number of rotatable bonds is 8. The fourth-order valence-electron chi connectivity index (χ4n) is 3.37. The van der Waals surface area contributed by atoms with Gasteiger partial charge in [-0.05, 0) is 54.1 Å². The molecule has 1 amide bonds. The molecule has 0 saturated carbocycles. The van der Waals surface area contributed by atoms with E-state index in [4.69, 9.17) is 4.74 Å². The van der Waals surface area contributed by atoms with E-state index in [0.717, 1.165) is 12.1 Å². The number of hydrogen-bond donors (Lipinski definition) is 1. The van der Waals surface area contributed by atoms with Crippen LogP contribution in [0.5, 0.6) is 5.75 Å². The average molecular weight is 517 g/mol. The molecule has 0 saturated heterocycles. The minimum Gasteiger partial charge on any atom is -0.497 e. The molecule has 4 rings (SSSR count). The zero-order valence-corrected chi connectivity index (χ0v) is 19.7. The van der Waals surface area contributed by atoms with Crippen LogP contribution in [-0.2, 0) is 18.5 Å². The number of nitrogens with one attached hydrogen (secondary N) is 1. The Morgan fingerprint density at radius 2 is 1.78 bits per heavy atom. The molecule has 0 aliphatic rings. The first-order chi connectivity index (χ1) is 17.2. The Morgan fingerprint density at radius 1 is 1.03 bits per heavy atom. The van der Waals surface area contributed by atoms with Gasteiger partial charge in [0.05, 0.1) is 19.2 Å². The van der Waals surface area contributed by atoms with Crippen LogP contribution in [0.1, 0.15) is 27.3 Å². The number of carbonyl (C=O) groups excluding carboxylic acids is 1. The van der Waals surface area contributed by atoms with Gasteiger partial charge in [0.1, 0.15) is 11.6 Å². The Bertz CT molecular complexity index is 1360. The standard InChI is InChI=1S/C25H20F4N4O2S/c1-35-21-7-3-5-17(13-21)23(34)30-14-22-31-32-24(33(22)20-10-8-19(26)9-11-20)36-15-16-4-2-6-18(12-16)25(27,28)29/h2-13H,14-15H2,1H3,(H,30,34). The Morgan fingerprint density at radius 3 is 2.50 bits per heavy atom. The van der Waals surface area contributed by atoms with E-state index < -0.39 is 17.6 Å². The van der Waals surface area contributed by atoms with Gasteiger partial charge in [-0.15, -0.1) is 10.2 Å². The van der Waals surface area contributed by atoms with Gasteiger partial charge in [0, 0.05) is 17.0 Å². The van der Waals surface area contributed by atoms with Crippen LogP contribution in [-0.4, -0.2) is 27.8 Å². The zero-order valence-electron chi connectivity index (χ0n) is 18.9. The second-order valence-corrected chi connectivity index (χ2v) is 8.55. The number of ether oxygens (including phenoxy) is 1. The molecule has 6 nitrogen and oxygen atoms in total. The average Bonchev–Trinajstić information content (AvgIpc) is 3.29. The Balaban J connectivity index is 1.56. The lowest BCUT2D eigenvalue weighted by Gasteiger charge is -2.12. The van der Waals surface area contributed by atoms with Gasteiger partial charge in [0.25, 0.3) is 5.91 Å². The second kappa shape index (κ2) is 10.8. The number of aromatic nitrogens is 3. The molecule has 0 spiro atoms. The predicted octanol–water partition coefficient (Wildman–Crippen LogP) is 5.66. The predicted molar refractivity (Wildman–Crippen MR) is 126 cm³/mol. The fourth-order valence-corrected chi connectivity index (χ4v) is 4.28. The van der Waals surface area contributed by atoms with Gasteiger partial charge in [-0.1, -0.05) is 36.0 Å². The minimum atomic E-state index is -4.44. The van der Waals surface area contributed by atoms with E-state index >= 15 is 0 Å². The maximum Gasteiger partial charge on any atom is 0.416 e. The molecule has 0 atom stereocenters. The van der Waals surface area contributed by atoms with Crippen molar-refractivity contribution in [3.63, 3.8) is 0 Å². The van der Waals surface area contributed by atoms with Crippen molar-refractivity contribution in [3.05, 3.63) is 101 Å². The van der Waals surface area contributed by atoms with E-state index in [1.54, 1.807) is 34.9 Å². The van der Waals surface area contributed by atoms with E-state index in [1.807, 2.05) is 0 Å². The summed E-state index contributed by atoms with van der Waals surface area (Å²) < 4.78 is 59.5. The second-order valence-electron chi connectivity index (χ2n) is 7.61. The molecule has 0 fully saturated rings. The van der Waals surface area contributed by atoms with E-state index in [9.17, 15) is 22.4 Å². The number of methoxy groups -OCH3 is 1. The SMILES string of the molecule is COc1cccc(C(=O)NCc2nnc(SCc3cccc(C(F)(F)F)c3)n2-c2ccc(F)cc2)c1. The first kappa shape index (κ1) is 25.2. The minimum absolute atomic E-state index is 0.00450. The van der Waals surface area contributed by atoms with E-state index in [2.05, 4.69) is 15.5 Å². The molecule has 0 aliphatic heterocycles. The van der Waals surface area contributed by atoms with Crippen LogP contribution >= 0.6 is 11.8 Å². The normalized spacial score (nSPS) is 11.4. The summed E-state index contributed by atoms with van der Waals surface area (Å²) in [5, 5.41) is 11.5. The highest BCUT2D eigenvalue weighted by atomic mass is 32.2. The summed E-state index contributed by atoms with van der Waals surface area (Å²) >= 11 is 1.17. The van der Waals surface area contributed by atoms with E-state index in [-0.39, 0.29) is 18.2 Å². The van der Waals surface area contributed by atoms with Crippen LogP contribution in [0.25, 0.3) is 5.69 Å². The first-order valence-corrected chi connectivity index (χ1v) is 11.6. The highest BCUT2D eigenvalue weighted by Gasteiger charge is 2.30. The van der Waals surface area contributed by atoms with Crippen molar-refractivity contribution in [1.82, 2.24) is 20.1 Å². The van der Waals surface area contributed by atoms with Crippen LogP contribution in [0.15, 0.2) is 78.0 Å². The van der Waals surface area contributed by atoms with Crippen molar-refractivity contribution in [2.24, 2.45) is 0 Å². The summed E-state index contributed by atoms with van der Waals surface area (Å²) in [5.41, 5.74) is 0.651. The van der Waals surface area contributed by atoms with Crippen molar-refractivity contribution in [2.75, 3.05) is 7.11 Å². The van der Waals surface area contributed by atoms with Gasteiger partial charge >= 0.3 is 6.18 Å². The molecule has 1 N–H and O–H groups in total. The fraction of sp³-hybridized carbons (Fsp3) is 0.160. The third kappa shape index (κ3) is 6.03. The smallest absolute Gasteiger partial charge is 0.416 e. The first-order valence-electron chi connectivity index (χ1n) is 10.7. The summed E-state index contributed by atoms with van der Waals surface area (Å²) in [5.74, 6) is 0.299. The monoisotopic (exact) mass is 516 g/mol. The number of thioether (sulfide) groups is 1. The van der Waals surface area contributed by atoms with Crippen LogP contribution in [0.4, 0.5) is 17.6 Å². The molecule has 0 aliphatic carbocycles. The van der Waals surface area contributed by atoms with E-state index in [1.165, 1.54) is 49.2 Å². The third-order valence-electron chi connectivity index (χ3n) is 5.15. The maximum absolute atomic E-state index is 13.5. The highest BCUT2D eigenvalue weighted by Crippen LogP contribution is 2.31. The van der Waals surface area contributed by atoms with Gasteiger partial charge in [0.15, 0.2) is 11.0 Å². The van der Waals surface area contributed by atoms with Crippen LogP contribution in [0, 0.1) is 5.82 Å². The third-order valence-corrected chi connectivity index (χ3v) is 6.15. The number of halogens is 4. The van der Waals surface area contributed by atoms with Crippen LogP contribution in [0.2, 0.25) is 0 Å². The summed E-state index contributed by atoms with van der Waals surface area (Å²) in [6.45, 7) is 0.00450. The number of hydrogen-bond acceptors (Lipinski definition) is 5. The summed E-state index contributed by atoms with van der Waals surface area (Å²) in [4.78, 5) is 12.6. The van der Waals surface area contributed by atoms with E-state index in [0.29, 0.717) is 33.5 Å². The number of benzene rings is 3. The molecule has 11 heteroatoms. The largest absolute Gasteiger partial charge is 0.497 e. The molecule has 186 valence electrons. The van der Waals surface area contributed by atoms with Gasteiger partial charge in [-0.25, -0.2) is 4.39 Å². The molecular formula is C25H20F4N4O2S. The molecule has 36 heavy (non-hydrogen) atoms. The van der Waals surface area contributed by atoms with Gasteiger partial charge in [0.2, 0.25) is 0 Å². The number of alkyl halides is 3. The number of carbonyl (C=O) groups is 1.